The summed E-state index contributed by atoms with van der Waals surface area (Å²) < 4.78 is 35.0. The zero-order valence-corrected chi connectivity index (χ0v) is 26.7. The standard InChI is InChI=1S/C33H35ClN4O6S/c1-21-18-38(22(2)20-39)32(40)28-17-25(36-45(42,43)26-14-11-24(34)12-15-26)13-16-30(28)44-31(21)19-37(3)33(41)35-29-10-6-8-23-7-4-5-9-27(23)29/h4-17,21-22,31,36,39H,18-20H2,1-3H3,(H,35,41)/t21-,22-,31+/m0/s1. The third-order valence-corrected chi connectivity index (χ3v) is 9.52. The first-order valence-corrected chi connectivity index (χ1v) is 16.3. The van der Waals surface area contributed by atoms with Gasteiger partial charge in [0, 0.05) is 35.6 Å². The van der Waals surface area contributed by atoms with Gasteiger partial charge in [-0.1, -0.05) is 54.9 Å². The highest BCUT2D eigenvalue weighted by atomic mass is 35.5. The van der Waals surface area contributed by atoms with Crippen LogP contribution in [0.3, 0.4) is 0 Å². The molecule has 3 atom stereocenters. The van der Waals surface area contributed by atoms with Crippen LogP contribution in [-0.2, 0) is 10.0 Å². The first-order valence-electron chi connectivity index (χ1n) is 14.5. The quantitative estimate of drug-likeness (QED) is 0.225. The Morgan fingerprint density at radius 2 is 1.80 bits per heavy atom. The van der Waals surface area contributed by atoms with Crippen LogP contribution in [-0.4, -0.2) is 74.2 Å². The molecule has 0 spiro atoms. The Labute approximate surface area is 267 Å². The zero-order chi connectivity index (χ0) is 32.3. The van der Waals surface area contributed by atoms with Crippen molar-refractivity contribution in [3.63, 3.8) is 0 Å². The zero-order valence-electron chi connectivity index (χ0n) is 25.1. The van der Waals surface area contributed by atoms with Gasteiger partial charge in [-0.05, 0) is 60.8 Å². The van der Waals surface area contributed by atoms with Crippen molar-refractivity contribution in [1.29, 1.82) is 0 Å². The van der Waals surface area contributed by atoms with E-state index in [4.69, 9.17) is 16.3 Å². The maximum Gasteiger partial charge on any atom is 0.321 e. The molecule has 0 aliphatic carbocycles. The summed E-state index contributed by atoms with van der Waals surface area (Å²) in [6, 6.07) is 22.8. The lowest BCUT2D eigenvalue weighted by atomic mass is 9.99. The van der Waals surface area contributed by atoms with E-state index < -0.39 is 28.1 Å². The largest absolute Gasteiger partial charge is 0.487 e. The second-order valence-electron chi connectivity index (χ2n) is 11.2. The van der Waals surface area contributed by atoms with Crippen molar-refractivity contribution in [3.8, 4) is 5.75 Å². The van der Waals surface area contributed by atoms with Crippen LogP contribution in [0.15, 0.2) is 89.8 Å². The summed E-state index contributed by atoms with van der Waals surface area (Å²) in [6.45, 7) is 3.82. The Bertz CT molecular complexity index is 1810. The van der Waals surface area contributed by atoms with Crippen molar-refractivity contribution < 1.29 is 27.9 Å². The van der Waals surface area contributed by atoms with Gasteiger partial charge in [0.25, 0.3) is 15.9 Å². The van der Waals surface area contributed by atoms with Crippen LogP contribution in [0, 0.1) is 5.92 Å². The summed E-state index contributed by atoms with van der Waals surface area (Å²) in [7, 11) is -2.30. The number of carbonyl (C=O) groups is 2. The lowest BCUT2D eigenvalue weighted by Crippen LogP contribution is -2.50. The van der Waals surface area contributed by atoms with Crippen molar-refractivity contribution in [1.82, 2.24) is 9.80 Å². The number of rotatable bonds is 8. The van der Waals surface area contributed by atoms with Gasteiger partial charge < -0.3 is 25.0 Å². The van der Waals surface area contributed by atoms with E-state index in [1.165, 1.54) is 47.4 Å². The third-order valence-electron chi connectivity index (χ3n) is 7.87. The molecule has 0 fully saturated rings. The van der Waals surface area contributed by atoms with Gasteiger partial charge in [0.1, 0.15) is 11.9 Å². The van der Waals surface area contributed by atoms with E-state index in [1.54, 1.807) is 18.9 Å². The van der Waals surface area contributed by atoms with Crippen LogP contribution >= 0.6 is 11.6 Å². The van der Waals surface area contributed by atoms with Gasteiger partial charge in [0.15, 0.2) is 0 Å². The molecule has 12 heteroatoms. The fraction of sp³-hybridized carbons (Fsp3) is 0.273. The van der Waals surface area contributed by atoms with E-state index in [2.05, 4.69) is 10.0 Å². The number of urea groups is 1. The summed E-state index contributed by atoms with van der Waals surface area (Å²) >= 11 is 5.91. The number of amides is 3. The molecule has 0 unspecified atom stereocenters. The minimum absolute atomic E-state index is 0.00968. The first-order chi connectivity index (χ1) is 21.5. The molecule has 10 nitrogen and oxygen atoms in total. The minimum Gasteiger partial charge on any atom is -0.487 e. The molecule has 1 aliphatic heterocycles. The Balaban J connectivity index is 1.40. The highest BCUT2D eigenvalue weighted by Gasteiger charge is 2.34. The summed E-state index contributed by atoms with van der Waals surface area (Å²) in [6.07, 6.45) is -0.537. The third kappa shape index (κ3) is 7.16. The first kappa shape index (κ1) is 32.1. The number of sulfonamides is 1. The number of anilines is 2. The van der Waals surface area contributed by atoms with Crippen molar-refractivity contribution in [2.75, 3.05) is 36.8 Å². The summed E-state index contributed by atoms with van der Waals surface area (Å²) in [5.41, 5.74) is 0.976. The van der Waals surface area contributed by atoms with E-state index in [0.717, 1.165) is 10.8 Å². The van der Waals surface area contributed by atoms with Crippen molar-refractivity contribution in [3.05, 3.63) is 95.5 Å². The Morgan fingerprint density at radius 1 is 1.09 bits per heavy atom. The number of carbonyl (C=O) groups excluding carboxylic acids is 2. The molecule has 3 N–H and O–H groups in total. The SMILES string of the molecule is C[C@H]1CN([C@@H](C)CO)C(=O)c2cc(NS(=O)(=O)c3ccc(Cl)cc3)ccc2O[C@@H]1CN(C)C(=O)Nc1cccc2ccccc12. The van der Waals surface area contributed by atoms with Gasteiger partial charge >= 0.3 is 6.03 Å². The van der Waals surface area contributed by atoms with Crippen molar-refractivity contribution in [2.45, 2.75) is 30.9 Å². The predicted octanol–water partition coefficient (Wildman–Crippen LogP) is 5.68. The molecule has 5 rings (SSSR count). The fourth-order valence-corrected chi connectivity index (χ4v) is 6.41. The number of nitrogens with zero attached hydrogens (tertiary/aromatic N) is 2. The number of likely N-dealkylation sites (N-methyl/N-ethyl adjacent to an activating group) is 1. The average Bonchev–Trinajstić information content (AvgIpc) is 3.02. The Kier molecular flexibility index (Phi) is 9.52. The second-order valence-corrected chi connectivity index (χ2v) is 13.3. The van der Waals surface area contributed by atoms with Crippen LogP contribution in [0.1, 0.15) is 24.2 Å². The van der Waals surface area contributed by atoms with Gasteiger partial charge in [0.05, 0.1) is 35.3 Å². The molecule has 4 aromatic carbocycles. The van der Waals surface area contributed by atoms with E-state index in [1.807, 2.05) is 49.4 Å². The number of benzene rings is 4. The topological polar surface area (TPSA) is 128 Å². The average molecular weight is 651 g/mol. The van der Waals surface area contributed by atoms with E-state index >= 15 is 0 Å². The van der Waals surface area contributed by atoms with Crippen LogP contribution in [0.4, 0.5) is 16.2 Å². The van der Waals surface area contributed by atoms with Gasteiger partial charge in [-0.3, -0.25) is 9.52 Å². The number of nitrogens with one attached hydrogen (secondary N) is 2. The normalized spacial score (nSPS) is 17.4. The summed E-state index contributed by atoms with van der Waals surface area (Å²) in [5, 5.41) is 15.3. The maximum atomic E-state index is 13.8. The summed E-state index contributed by atoms with van der Waals surface area (Å²) in [5.74, 6) is -0.401. The minimum atomic E-state index is -3.98. The number of fused-ring (bicyclic) bond motifs is 2. The lowest BCUT2D eigenvalue weighted by Gasteiger charge is -2.38. The fourth-order valence-electron chi connectivity index (χ4n) is 5.23. The molecule has 45 heavy (non-hydrogen) atoms. The number of halogens is 1. The van der Waals surface area contributed by atoms with Crippen LogP contribution in [0.5, 0.6) is 5.75 Å². The monoisotopic (exact) mass is 650 g/mol. The van der Waals surface area contributed by atoms with Gasteiger partial charge in [0.2, 0.25) is 0 Å². The van der Waals surface area contributed by atoms with E-state index in [9.17, 15) is 23.1 Å². The number of aliphatic hydroxyl groups excluding tert-OH is 1. The molecule has 1 aliphatic rings. The van der Waals surface area contributed by atoms with Crippen molar-refractivity contribution in [2.24, 2.45) is 5.92 Å². The lowest BCUT2D eigenvalue weighted by molar-refractivity contribution is 0.0371. The van der Waals surface area contributed by atoms with E-state index in [0.29, 0.717) is 10.7 Å². The molecule has 0 aromatic heterocycles. The van der Waals surface area contributed by atoms with E-state index in [-0.39, 0.29) is 53.5 Å². The molecule has 0 saturated carbocycles. The Morgan fingerprint density at radius 3 is 2.53 bits per heavy atom. The maximum absolute atomic E-state index is 13.8. The van der Waals surface area contributed by atoms with Gasteiger partial charge in [-0.15, -0.1) is 0 Å². The number of hydrogen-bond acceptors (Lipinski definition) is 6. The molecular formula is C33H35ClN4O6S. The molecular weight excluding hydrogens is 616 g/mol. The van der Waals surface area contributed by atoms with Gasteiger partial charge in [-0.25, -0.2) is 13.2 Å². The van der Waals surface area contributed by atoms with Crippen LogP contribution in [0.2, 0.25) is 5.02 Å². The second kappa shape index (κ2) is 13.4. The van der Waals surface area contributed by atoms with Crippen LogP contribution < -0.4 is 14.8 Å². The molecule has 236 valence electrons. The highest BCUT2D eigenvalue weighted by Crippen LogP contribution is 2.32. The number of ether oxygens (including phenoxy) is 1. The van der Waals surface area contributed by atoms with Crippen LogP contribution in [0.25, 0.3) is 10.8 Å². The molecule has 1 heterocycles. The smallest absolute Gasteiger partial charge is 0.321 e. The van der Waals surface area contributed by atoms with Gasteiger partial charge in [-0.2, -0.15) is 0 Å². The Hall–Kier alpha value is -4.32. The highest BCUT2D eigenvalue weighted by molar-refractivity contribution is 7.92. The molecule has 3 amide bonds. The number of hydrogen-bond donors (Lipinski definition) is 3. The molecule has 0 bridgehead atoms. The number of aliphatic hydroxyl groups is 1. The molecule has 0 saturated heterocycles. The molecule has 4 aromatic rings. The summed E-state index contributed by atoms with van der Waals surface area (Å²) in [4.78, 5) is 30.2. The molecule has 0 radical (unpaired) electrons. The predicted molar refractivity (Wildman–Crippen MR) is 175 cm³/mol. The van der Waals surface area contributed by atoms with Crippen molar-refractivity contribution >= 4 is 55.7 Å².